The predicted molar refractivity (Wildman–Crippen MR) is 82.9 cm³/mol. The molecule has 0 aliphatic rings. The van der Waals surface area contributed by atoms with Gasteiger partial charge in [0.05, 0.1) is 18.9 Å². The lowest BCUT2D eigenvalue weighted by molar-refractivity contribution is 0.0636. The van der Waals surface area contributed by atoms with Gasteiger partial charge in [0.15, 0.2) is 0 Å². The summed E-state index contributed by atoms with van der Waals surface area (Å²) in [6.45, 7) is 7.18. The van der Waals surface area contributed by atoms with Gasteiger partial charge in [-0.15, -0.1) is 0 Å². The molecule has 0 heterocycles. The van der Waals surface area contributed by atoms with E-state index in [0.717, 1.165) is 5.56 Å². The van der Waals surface area contributed by atoms with Crippen LogP contribution in [0.4, 0.5) is 10.5 Å². The van der Waals surface area contributed by atoms with Gasteiger partial charge in [0, 0.05) is 6.07 Å². The third kappa shape index (κ3) is 6.49. The summed E-state index contributed by atoms with van der Waals surface area (Å²) in [6, 6.07) is 5.47. The molecule has 0 saturated carbocycles. The maximum Gasteiger partial charge on any atom is 0.412 e. The fourth-order valence-corrected chi connectivity index (χ4v) is 1.79. The largest absolute Gasteiger partial charge is 0.497 e. The van der Waals surface area contributed by atoms with E-state index in [4.69, 9.17) is 9.47 Å². The molecule has 0 fully saturated rings. The van der Waals surface area contributed by atoms with E-state index in [1.54, 1.807) is 20.1 Å². The van der Waals surface area contributed by atoms with Gasteiger partial charge in [0.2, 0.25) is 0 Å². The van der Waals surface area contributed by atoms with Crippen LogP contribution in [-0.2, 0) is 11.2 Å². The van der Waals surface area contributed by atoms with E-state index in [-0.39, 0.29) is 6.10 Å². The van der Waals surface area contributed by atoms with Gasteiger partial charge in [-0.1, -0.05) is 6.07 Å². The van der Waals surface area contributed by atoms with Crippen molar-refractivity contribution in [1.82, 2.24) is 0 Å². The van der Waals surface area contributed by atoms with E-state index in [2.05, 4.69) is 5.32 Å². The maximum absolute atomic E-state index is 11.9. The molecule has 1 rings (SSSR count). The molecule has 0 aromatic heterocycles. The number of anilines is 1. The van der Waals surface area contributed by atoms with Crippen LogP contribution in [-0.4, -0.2) is 30.0 Å². The average molecular weight is 295 g/mol. The van der Waals surface area contributed by atoms with E-state index < -0.39 is 11.7 Å². The molecular weight excluding hydrogens is 270 g/mol. The van der Waals surface area contributed by atoms with Crippen molar-refractivity contribution >= 4 is 11.8 Å². The highest BCUT2D eigenvalue weighted by atomic mass is 16.6. The summed E-state index contributed by atoms with van der Waals surface area (Å²) in [5, 5.41) is 12.1. The molecule has 0 saturated heterocycles. The summed E-state index contributed by atoms with van der Waals surface area (Å²) in [7, 11) is 1.57. The highest BCUT2D eigenvalue weighted by Gasteiger charge is 2.17. The number of nitrogens with one attached hydrogen (secondary N) is 1. The third-order valence-corrected chi connectivity index (χ3v) is 2.78. The number of ether oxygens (including phenoxy) is 2. The number of rotatable bonds is 5. The summed E-state index contributed by atoms with van der Waals surface area (Å²) in [6.07, 6.45) is 0.387. The lowest BCUT2D eigenvalue weighted by atomic mass is 10.0. The van der Waals surface area contributed by atoms with Gasteiger partial charge >= 0.3 is 6.09 Å². The molecule has 21 heavy (non-hydrogen) atoms. The van der Waals surface area contributed by atoms with Crippen LogP contribution < -0.4 is 10.1 Å². The van der Waals surface area contributed by atoms with Crippen LogP contribution >= 0.6 is 0 Å². The molecule has 0 spiro atoms. The van der Waals surface area contributed by atoms with Gasteiger partial charge in [0.1, 0.15) is 11.4 Å². The number of aliphatic hydroxyl groups excluding tert-OH is 1. The van der Waals surface area contributed by atoms with Gasteiger partial charge in [-0.3, -0.25) is 5.32 Å². The Morgan fingerprint density at radius 3 is 2.57 bits per heavy atom. The quantitative estimate of drug-likeness (QED) is 0.874. The van der Waals surface area contributed by atoms with Crippen LogP contribution in [0, 0.1) is 0 Å². The Hall–Kier alpha value is -1.75. The number of methoxy groups -OCH3 is 1. The molecular formula is C16H25NO4. The lowest BCUT2D eigenvalue weighted by Crippen LogP contribution is -2.27. The number of aliphatic hydroxyl groups is 1. The number of carbonyl (C=O) groups is 1. The molecule has 5 heteroatoms. The van der Waals surface area contributed by atoms with Gasteiger partial charge in [-0.05, 0) is 52.2 Å². The minimum Gasteiger partial charge on any atom is -0.497 e. The van der Waals surface area contributed by atoms with E-state index in [9.17, 15) is 9.90 Å². The Kier molecular flexibility index (Phi) is 6.03. The van der Waals surface area contributed by atoms with Crippen molar-refractivity contribution in [3.63, 3.8) is 0 Å². The lowest BCUT2D eigenvalue weighted by Gasteiger charge is -2.21. The molecule has 0 radical (unpaired) electrons. The number of hydrogen-bond acceptors (Lipinski definition) is 4. The molecule has 1 aromatic rings. The van der Waals surface area contributed by atoms with Gasteiger partial charge in [-0.25, -0.2) is 4.79 Å². The molecule has 1 aromatic carbocycles. The number of aryl methyl sites for hydroxylation is 1. The van der Waals surface area contributed by atoms with Gasteiger partial charge in [0.25, 0.3) is 0 Å². The Labute approximate surface area is 126 Å². The monoisotopic (exact) mass is 295 g/mol. The van der Waals surface area contributed by atoms with Crippen LogP contribution in [0.2, 0.25) is 0 Å². The van der Waals surface area contributed by atoms with Crippen LogP contribution in [0.3, 0.4) is 0 Å². The Bertz CT molecular complexity index is 478. The van der Waals surface area contributed by atoms with Crippen molar-refractivity contribution in [3.8, 4) is 5.75 Å². The zero-order valence-corrected chi connectivity index (χ0v) is 13.4. The minimum absolute atomic E-state index is 0.388. The molecule has 2 N–H and O–H groups in total. The Morgan fingerprint density at radius 2 is 2.05 bits per heavy atom. The molecule has 1 atom stereocenters. The van der Waals surface area contributed by atoms with Crippen molar-refractivity contribution in [3.05, 3.63) is 23.8 Å². The van der Waals surface area contributed by atoms with Crippen LogP contribution in [0.25, 0.3) is 0 Å². The fourth-order valence-electron chi connectivity index (χ4n) is 1.79. The first-order chi connectivity index (χ1) is 9.71. The van der Waals surface area contributed by atoms with Crippen LogP contribution in [0.15, 0.2) is 18.2 Å². The van der Waals surface area contributed by atoms with Gasteiger partial charge in [-0.2, -0.15) is 0 Å². The molecule has 118 valence electrons. The SMILES string of the molecule is COc1ccc(CC[C@H](C)O)c(NC(=O)OC(C)(C)C)c1. The normalized spacial score (nSPS) is 12.7. The van der Waals surface area contributed by atoms with Crippen molar-refractivity contribution in [1.29, 1.82) is 0 Å². The first-order valence-electron chi connectivity index (χ1n) is 7.06. The summed E-state index contributed by atoms with van der Waals surface area (Å²) >= 11 is 0. The Morgan fingerprint density at radius 1 is 1.38 bits per heavy atom. The molecule has 0 bridgehead atoms. The maximum atomic E-state index is 11.9. The van der Waals surface area contributed by atoms with E-state index in [0.29, 0.717) is 24.3 Å². The van der Waals surface area contributed by atoms with Crippen LogP contribution in [0.5, 0.6) is 5.75 Å². The standard InChI is InChI=1S/C16H25NO4/c1-11(18)6-7-12-8-9-13(20-5)10-14(12)17-15(19)21-16(2,3)4/h8-11,18H,6-7H2,1-5H3,(H,17,19)/t11-/m0/s1. The van der Waals surface area contributed by atoms with Crippen molar-refractivity contribution in [2.75, 3.05) is 12.4 Å². The smallest absolute Gasteiger partial charge is 0.412 e. The van der Waals surface area contributed by atoms with Gasteiger partial charge < -0.3 is 14.6 Å². The molecule has 0 aliphatic carbocycles. The topological polar surface area (TPSA) is 67.8 Å². The van der Waals surface area contributed by atoms with Crippen molar-refractivity contribution in [2.45, 2.75) is 52.2 Å². The highest BCUT2D eigenvalue weighted by Crippen LogP contribution is 2.25. The number of hydrogen-bond donors (Lipinski definition) is 2. The van der Waals surface area contributed by atoms with Crippen molar-refractivity contribution < 1.29 is 19.4 Å². The van der Waals surface area contributed by atoms with Crippen LogP contribution in [0.1, 0.15) is 39.7 Å². The first kappa shape index (κ1) is 17.3. The second-order valence-electron chi connectivity index (χ2n) is 6.04. The Balaban J connectivity index is 2.88. The second kappa shape index (κ2) is 7.31. The minimum atomic E-state index is -0.553. The molecule has 1 amide bonds. The van der Waals surface area contributed by atoms with E-state index >= 15 is 0 Å². The number of benzene rings is 1. The van der Waals surface area contributed by atoms with E-state index in [1.165, 1.54) is 0 Å². The summed E-state index contributed by atoms with van der Waals surface area (Å²) < 4.78 is 10.4. The van der Waals surface area contributed by atoms with Crippen molar-refractivity contribution in [2.24, 2.45) is 0 Å². The molecule has 0 unspecified atom stereocenters. The third-order valence-electron chi connectivity index (χ3n) is 2.78. The summed E-state index contributed by atoms with van der Waals surface area (Å²) in [4.78, 5) is 11.9. The zero-order chi connectivity index (χ0) is 16.0. The predicted octanol–water partition coefficient (Wildman–Crippen LogP) is 3.36. The first-order valence-corrected chi connectivity index (χ1v) is 7.06. The number of carbonyl (C=O) groups excluding carboxylic acids is 1. The fraction of sp³-hybridized carbons (Fsp3) is 0.562. The highest BCUT2D eigenvalue weighted by molar-refractivity contribution is 5.86. The average Bonchev–Trinajstić information content (AvgIpc) is 2.34. The second-order valence-corrected chi connectivity index (χ2v) is 6.04. The summed E-state index contributed by atoms with van der Waals surface area (Å²) in [5.41, 5.74) is 1.02. The van der Waals surface area contributed by atoms with E-state index in [1.807, 2.05) is 32.9 Å². The summed E-state index contributed by atoms with van der Waals surface area (Å²) in [5.74, 6) is 0.654. The number of amides is 1. The molecule has 5 nitrogen and oxygen atoms in total. The molecule has 0 aliphatic heterocycles. The zero-order valence-electron chi connectivity index (χ0n) is 13.4.